The van der Waals surface area contributed by atoms with Crippen molar-refractivity contribution in [1.82, 2.24) is 10.3 Å². The van der Waals surface area contributed by atoms with Gasteiger partial charge in [-0.2, -0.15) is 0 Å². The number of ether oxygens (including phenoxy) is 1. The van der Waals surface area contributed by atoms with Crippen LogP contribution in [0.5, 0.6) is 5.75 Å². The van der Waals surface area contributed by atoms with E-state index in [1.165, 1.54) is 22.0 Å². The Morgan fingerprint density at radius 2 is 2.29 bits per heavy atom. The third-order valence-corrected chi connectivity index (χ3v) is 4.29. The zero-order valence-corrected chi connectivity index (χ0v) is 11.3. The van der Waals surface area contributed by atoms with Crippen molar-refractivity contribution >= 4 is 26.8 Å². The fourth-order valence-corrected chi connectivity index (χ4v) is 3.24. The minimum atomic E-state index is 0.586. The zero-order valence-electron chi connectivity index (χ0n) is 9.72. The number of methoxy groups -OCH3 is 1. The van der Waals surface area contributed by atoms with Gasteiger partial charge in [-0.25, -0.2) is 0 Å². The van der Waals surface area contributed by atoms with E-state index in [4.69, 9.17) is 4.74 Å². The van der Waals surface area contributed by atoms with Crippen LogP contribution in [-0.2, 0) is 0 Å². The monoisotopic (exact) mass is 294 g/mol. The molecule has 0 amide bonds. The number of aromatic amines is 1. The lowest BCUT2D eigenvalue weighted by atomic mass is 10.1. The average molecular weight is 295 g/mol. The first-order chi connectivity index (χ1) is 8.29. The van der Waals surface area contributed by atoms with Crippen molar-refractivity contribution in [2.45, 2.75) is 12.3 Å². The lowest BCUT2D eigenvalue weighted by molar-refractivity contribution is 0.415. The number of hydrogen-bond donors (Lipinski definition) is 2. The SMILES string of the molecule is COc1ccc2c(Br)c(C3CCNC3)[nH]c2c1. The van der Waals surface area contributed by atoms with E-state index in [0.717, 1.165) is 24.4 Å². The molecule has 1 aromatic heterocycles. The Hall–Kier alpha value is -1.00. The van der Waals surface area contributed by atoms with Crippen LogP contribution in [-0.4, -0.2) is 25.2 Å². The second kappa shape index (κ2) is 4.35. The molecule has 1 atom stereocenters. The van der Waals surface area contributed by atoms with Gasteiger partial charge in [0.2, 0.25) is 0 Å². The minimum Gasteiger partial charge on any atom is -0.497 e. The van der Waals surface area contributed by atoms with Crippen LogP contribution in [0.2, 0.25) is 0 Å². The molecule has 3 rings (SSSR count). The van der Waals surface area contributed by atoms with Crippen LogP contribution in [0.4, 0.5) is 0 Å². The highest BCUT2D eigenvalue weighted by Crippen LogP contribution is 2.36. The quantitative estimate of drug-likeness (QED) is 0.893. The first-order valence-corrected chi connectivity index (χ1v) is 6.64. The summed E-state index contributed by atoms with van der Waals surface area (Å²) < 4.78 is 6.45. The summed E-state index contributed by atoms with van der Waals surface area (Å²) in [5.41, 5.74) is 2.44. The zero-order chi connectivity index (χ0) is 11.8. The number of nitrogens with one attached hydrogen (secondary N) is 2. The summed E-state index contributed by atoms with van der Waals surface area (Å²) in [4.78, 5) is 3.51. The molecular weight excluding hydrogens is 280 g/mol. The molecule has 2 heterocycles. The van der Waals surface area contributed by atoms with Crippen LogP contribution in [0.25, 0.3) is 10.9 Å². The van der Waals surface area contributed by atoms with Crippen LogP contribution in [0.1, 0.15) is 18.0 Å². The van der Waals surface area contributed by atoms with Gasteiger partial charge in [-0.1, -0.05) is 0 Å². The van der Waals surface area contributed by atoms with Crippen LogP contribution in [0.3, 0.4) is 0 Å². The van der Waals surface area contributed by atoms with Gasteiger partial charge in [0.25, 0.3) is 0 Å². The predicted molar refractivity (Wildman–Crippen MR) is 72.8 cm³/mol. The molecule has 0 spiro atoms. The van der Waals surface area contributed by atoms with Gasteiger partial charge in [0.05, 0.1) is 12.6 Å². The number of hydrogen-bond acceptors (Lipinski definition) is 2. The Morgan fingerprint density at radius 1 is 1.41 bits per heavy atom. The van der Waals surface area contributed by atoms with Crippen LogP contribution < -0.4 is 10.1 Å². The summed E-state index contributed by atoms with van der Waals surface area (Å²) in [6.45, 7) is 2.17. The Labute approximate surface area is 109 Å². The topological polar surface area (TPSA) is 37.0 Å². The highest BCUT2D eigenvalue weighted by molar-refractivity contribution is 9.10. The second-order valence-corrected chi connectivity index (χ2v) is 5.25. The van der Waals surface area contributed by atoms with Gasteiger partial charge in [0, 0.05) is 34.1 Å². The van der Waals surface area contributed by atoms with Crippen molar-refractivity contribution in [3.8, 4) is 5.75 Å². The molecular formula is C13H15BrN2O. The highest BCUT2D eigenvalue weighted by atomic mass is 79.9. The van der Waals surface area contributed by atoms with Gasteiger partial charge in [-0.15, -0.1) is 0 Å². The molecule has 2 aromatic rings. The fourth-order valence-electron chi connectivity index (χ4n) is 2.47. The number of H-pyrrole nitrogens is 1. The molecule has 2 N–H and O–H groups in total. The van der Waals surface area contributed by atoms with Crippen molar-refractivity contribution < 1.29 is 4.74 Å². The smallest absolute Gasteiger partial charge is 0.120 e. The Kier molecular flexibility index (Phi) is 2.84. The van der Waals surface area contributed by atoms with Gasteiger partial charge in [0.15, 0.2) is 0 Å². The summed E-state index contributed by atoms with van der Waals surface area (Å²) in [5.74, 6) is 1.48. The maximum absolute atomic E-state index is 5.25. The first-order valence-electron chi connectivity index (χ1n) is 5.85. The van der Waals surface area contributed by atoms with Crippen LogP contribution in [0, 0.1) is 0 Å². The molecule has 0 aliphatic carbocycles. The van der Waals surface area contributed by atoms with Gasteiger partial charge in [0.1, 0.15) is 5.75 Å². The number of fused-ring (bicyclic) bond motifs is 1. The standard InChI is InChI=1S/C13H15BrN2O/c1-17-9-2-3-10-11(6-9)16-13(12(10)14)8-4-5-15-7-8/h2-3,6,8,15-16H,4-5,7H2,1H3. The molecule has 1 fully saturated rings. The Bertz CT molecular complexity index is 544. The first kappa shape index (κ1) is 11.1. The van der Waals surface area contributed by atoms with Crippen LogP contribution >= 0.6 is 15.9 Å². The molecule has 0 saturated carbocycles. The Morgan fingerprint density at radius 3 is 3.00 bits per heavy atom. The van der Waals surface area contributed by atoms with E-state index >= 15 is 0 Å². The van der Waals surface area contributed by atoms with Gasteiger partial charge >= 0.3 is 0 Å². The van der Waals surface area contributed by atoms with E-state index < -0.39 is 0 Å². The number of benzene rings is 1. The number of aromatic nitrogens is 1. The number of halogens is 1. The lowest BCUT2D eigenvalue weighted by Crippen LogP contribution is -2.08. The number of rotatable bonds is 2. The van der Waals surface area contributed by atoms with E-state index in [2.05, 4.69) is 32.3 Å². The van der Waals surface area contributed by atoms with Gasteiger partial charge in [-0.3, -0.25) is 0 Å². The van der Waals surface area contributed by atoms with Crippen molar-refractivity contribution in [3.05, 3.63) is 28.4 Å². The fraction of sp³-hybridized carbons (Fsp3) is 0.385. The molecule has 17 heavy (non-hydrogen) atoms. The van der Waals surface area contributed by atoms with Crippen molar-refractivity contribution in [3.63, 3.8) is 0 Å². The van der Waals surface area contributed by atoms with E-state index in [9.17, 15) is 0 Å². The summed E-state index contributed by atoms with van der Waals surface area (Å²) in [5, 5.41) is 4.63. The summed E-state index contributed by atoms with van der Waals surface area (Å²) in [6.07, 6.45) is 1.20. The van der Waals surface area contributed by atoms with Gasteiger partial charge < -0.3 is 15.0 Å². The molecule has 1 saturated heterocycles. The summed E-state index contributed by atoms with van der Waals surface area (Å²) in [6, 6.07) is 6.14. The molecule has 1 aliphatic heterocycles. The molecule has 1 aromatic carbocycles. The Balaban J connectivity index is 2.10. The van der Waals surface area contributed by atoms with E-state index in [1.807, 2.05) is 12.1 Å². The maximum Gasteiger partial charge on any atom is 0.120 e. The molecule has 0 bridgehead atoms. The second-order valence-electron chi connectivity index (χ2n) is 4.45. The third-order valence-electron chi connectivity index (χ3n) is 3.44. The molecule has 3 nitrogen and oxygen atoms in total. The van der Waals surface area contributed by atoms with Crippen molar-refractivity contribution in [2.75, 3.05) is 20.2 Å². The maximum atomic E-state index is 5.25. The average Bonchev–Trinajstić information content (AvgIpc) is 2.97. The highest BCUT2D eigenvalue weighted by Gasteiger charge is 2.22. The van der Waals surface area contributed by atoms with Gasteiger partial charge in [-0.05, 0) is 41.0 Å². The van der Waals surface area contributed by atoms with Crippen molar-refractivity contribution in [2.24, 2.45) is 0 Å². The minimum absolute atomic E-state index is 0.586. The molecule has 1 aliphatic rings. The van der Waals surface area contributed by atoms with Crippen molar-refractivity contribution in [1.29, 1.82) is 0 Å². The normalized spacial score (nSPS) is 20.0. The molecule has 0 radical (unpaired) electrons. The summed E-state index contributed by atoms with van der Waals surface area (Å²) >= 11 is 3.71. The van der Waals surface area contributed by atoms with Crippen LogP contribution in [0.15, 0.2) is 22.7 Å². The predicted octanol–water partition coefficient (Wildman–Crippen LogP) is 3.02. The molecule has 1 unspecified atom stereocenters. The molecule has 4 heteroatoms. The van der Waals surface area contributed by atoms with E-state index in [0.29, 0.717) is 5.92 Å². The third kappa shape index (κ3) is 1.85. The van der Waals surface area contributed by atoms with E-state index in [-0.39, 0.29) is 0 Å². The molecule has 90 valence electrons. The summed E-state index contributed by atoms with van der Waals surface area (Å²) in [7, 11) is 1.70. The largest absolute Gasteiger partial charge is 0.497 e. The van der Waals surface area contributed by atoms with E-state index in [1.54, 1.807) is 7.11 Å². The lowest BCUT2D eigenvalue weighted by Gasteiger charge is -2.05.